The fourth-order valence-electron chi connectivity index (χ4n) is 2.40. The predicted molar refractivity (Wildman–Crippen MR) is 87.9 cm³/mol. The second kappa shape index (κ2) is 7.57. The number of halogens is 6. The molecule has 3 aromatic rings. The first-order chi connectivity index (χ1) is 13.5. The molecule has 5 nitrogen and oxygen atoms in total. The van der Waals surface area contributed by atoms with Crippen LogP contribution in [0.2, 0.25) is 0 Å². The molecule has 1 N–H and O–H groups in total. The van der Waals surface area contributed by atoms with E-state index in [1.807, 2.05) is 5.32 Å². The van der Waals surface area contributed by atoms with Crippen molar-refractivity contribution in [2.24, 2.45) is 0 Å². The zero-order valence-electron chi connectivity index (χ0n) is 14.3. The van der Waals surface area contributed by atoms with E-state index in [-0.39, 0.29) is 18.4 Å². The van der Waals surface area contributed by atoms with Gasteiger partial charge in [-0.25, -0.2) is 0 Å². The Morgan fingerprint density at radius 2 is 1.48 bits per heavy atom. The van der Waals surface area contributed by atoms with Crippen molar-refractivity contribution in [3.63, 3.8) is 0 Å². The molecule has 152 valence electrons. The van der Waals surface area contributed by atoms with E-state index >= 15 is 0 Å². The molecule has 0 atom stereocenters. The quantitative estimate of drug-likeness (QED) is 0.613. The Balaban J connectivity index is 1.82. The summed E-state index contributed by atoms with van der Waals surface area (Å²) in [5.41, 5.74) is -3.24. The van der Waals surface area contributed by atoms with Gasteiger partial charge in [0.15, 0.2) is 0 Å². The monoisotopic (exact) mass is 415 g/mol. The SMILES string of the molecule is O=C(Nc1nnc(Cc2ccccc2)o1)c1cc(C(F)(F)F)cc(C(F)(F)F)c1. The van der Waals surface area contributed by atoms with Gasteiger partial charge in [-0.1, -0.05) is 35.4 Å². The molecule has 3 rings (SSSR count). The minimum atomic E-state index is -5.07. The molecule has 0 aliphatic rings. The maximum Gasteiger partial charge on any atom is 0.416 e. The lowest BCUT2D eigenvalue weighted by Crippen LogP contribution is -2.17. The van der Waals surface area contributed by atoms with Crippen LogP contribution in [-0.2, 0) is 18.8 Å². The normalized spacial score (nSPS) is 12.1. The van der Waals surface area contributed by atoms with E-state index in [2.05, 4.69) is 10.2 Å². The molecule has 1 aromatic heterocycles. The van der Waals surface area contributed by atoms with Crippen LogP contribution in [0.1, 0.15) is 32.9 Å². The molecule has 0 aliphatic heterocycles. The van der Waals surface area contributed by atoms with Gasteiger partial charge < -0.3 is 4.42 Å². The largest absolute Gasteiger partial charge is 0.416 e. The van der Waals surface area contributed by atoms with E-state index in [0.29, 0.717) is 12.1 Å². The molecular formula is C18H11F6N3O2. The van der Waals surface area contributed by atoms with E-state index < -0.39 is 41.0 Å². The summed E-state index contributed by atoms with van der Waals surface area (Å²) >= 11 is 0. The third-order valence-electron chi connectivity index (χ3n) is 3.74. The average molecular weight is 415 g/mol. The Kier molecular flexibility index (Phi) is 5.31. The predicted octanol–water partition coefficient (Wildman–Crippen LogP) is 4.95. The average Bonchev–Trinajstić information content (AvgIpc) is 3.07. The van der Waals surface area contributed by atoms with Crippen LogP contribution < -0.4 is 5.32 Å². The van der Waals surface area contributed by atoms with E-state index in [4.69, 9.17) is 4.42 Å². The highest BCUT2D eigenvalue weighted by Gasteiger charge is 2.37. The number of carbonyl (C=O) groups is 1. The maximum absolute atomic E-state index is 12.9. The number of hydrogen-bond donors (Lipinski definition) is 1. The topological polar surface area (TPSA) is 68.0 Å². The van der Waals surface area contributed by atoms with E-state index in [1.165, 1.54) is 0 Å². The van der Waals surface area contributed by atoms with Gasteiger partial charge in [-0.2, -0.15) is 26.3 Å². The van der Waals surface area contributed by atoms with Crippen molar-refractivity contribution in [3.8, 4) is 0 Å². The van der Waals surface area contributed by atoms with Crippen molar-refractivity contribution >= 4 is 11.9 Å². The van der Waals surface area contributed by atoms with Gasteiger partial charge >= 0.3 is 18.4 Å². The van der Waals surface area contributed by atoms with Crippen molar-refractivity contribution < 1.29 is 35.6 Å². The summed E-state index contributed by atoms with van der Waals surface area (Å²) in [5, 5.41) is 9.22. The Labute approximate surface area is 159 Å². The molecule has 0 unspecified atom stereocenters. The fourth-order valence-corrected chi connectivity index (χ4v) is 2.40. The first kappa shape index (κ1) is 20.4. The number of benzene rings is 2. The highest BCUT2D eigenvalue weighted by atomic mass is 19.4. The van der Waals surface area contributed by atoms with Crippen LogP contribution in [0.15, 0.2) is 52.9 Å². The van der Waals surface area contributed by atoms with Gasteiger partial charge in [0.25, 0.3) is 5.91 Å². The van der Waals surface area contributed by atoms with Gasteiger partial charge in [0.2, 0.25) is 5.89 Å². The summed E-state index contributed by atoms with van der Waals surface area (Å²) in [6.45, 7) is 0. The second-order valence-corrected chi connectivity index (χ2v) is 5.91. The Hall–Kier alpha value is -3.37. The van der Waals surface area contributed by atoms with Gasteiger partial charge in [-0.15, -0.1) is 5.10 Å². The number of aromatic nitrogens is 2. The first-order valence-corrected chi connectivity index (χ1v) is 7.99. The highest BCUT2D eigenvalue weighted by Crippen LogP contribution is 2.36. The molecule has 2 aromatic carbocycles. The molecule has 0 radical (unpaired) electrons. The van der Waals surface area contributed by atoms with Gasteiger partial charge in [0, 0.05) is 5.56 Å². The number of alkyl halides is 6. The number of carbonyl (C=O) groups excluding carboxylic acids is 1. The smallest absolute Gasteiger partial charge is 0.407 e. The maximum atomic E-state index is 12.9. The number of nitrogens with zero attached hydrogens (tertiary/aromatic N) is 2. The molecule has 0 fully saturated rings. The summed E-state index contributed by atoms with van der Waals surface area (Å²) in [4.78, 5) is 12.2. The van der Waals surface area contributed by atoms with Crippen molar-refractivity contribution in [3.05, 3.63) is 76.7 Å². The van der Waals surface area contributed by atoms with Crippen LogP contribution in [0.3, 0.4) is 0 Å². The third-order valence-corrected chi connectivity index (χ3v) is 3.74. The van der Waals surface area contributed by atoms with Gasteiger partial charge in [0.1, 0.15) is 0 Å². The van der Waals surface area contributed by atoms with Crippen LogP contribution in [-0.4, -0.2) is 16.1 Å². The Bertz CT molecular complexity index is 980. The molecule has 1 heterocycles. The van der Waals surface area contributed by atoms with E-state index in [0.717, 1.165) is 5.56 Å². The van der Waals surface area contributed by atoms with Crippen LogP contribution >= 0.6 is 0 Å². The molecule has 0 saturated carbocycles. The number of hydrogen-bond acceptors (Lipinski definition) is 4. The number of amides is 1. The highest BCUT2D eigenvalue weighted by molar-refractivity contribution is 6.03. The Morgan fingerprint density at radius 3 is 2.03 bits per heavy atom. The van der Waals surface area contributed by atoms with Crippen molar-refractivity contribution in [1.29, 1.82) is 0 Å². The van der Waals surface area contributed by atoms with Crippen LogP contribution in [0.4, 0.5) is 32.4 Å². The first-order valence-electron chi connectivity index (χ1n) is 7.99. The van der Waals surface area contributed by atoms with Gasteiger partial charge in [-0.05, 0) is 23.8 Å². The van der Waals surface area contributed by atoms with Crippen molar-refractivity contribution in [2.75, 3.05) is 5.32 Å². The summed E-state index contributed by atoms with van der Waals surface area (Å²) in [6, 6.07) is 9.02. The molecule has 0 saturated heterocycles. The summed E-state index contributed by atoms with van der Waals surface area (Å²) in [5.74, 6) is -1.15. The number of rotatable bonds is 4. The standard InChI is InChI=1S/C18H11F6N3O2/c19-17(20,21)12-7-11(8-13(9-12)18(22,23)24)15(28)25-16-27-26-14(29-16)6-10-4-2-1-3-5-10/h1-5,7-9H,6H2,(H,25,27,28). The fraction of sp³-hybridized carbons (Fsp3) is 0.167. The molecule has 29 heavy (non-hydrogen) atoms. The number of anilines is 1. The molecule has 11 heteroatoms. The minimum Gasteiger partial charge on any atom is -0.407 e. The lowest BCUT2D eigenvalue weighted by atomic mass is 10.0. The van der Waals surface area contributed by atoms with Gasteiger partial charge in [-0.3, -0.25) is 10.1 Å². The zero-order chi connectivity index (χ0) is 21.2. The zero-order valence-corrected chi connectivity index (χ0v) is 14.3. The summed E-state index contributed by atoms with van der Waals surface area (Å²) in [7, 11) is 0. The molecule has 1 amide bonds. The van der Waals surface area contributed by atoms with Gasteiger partial charge in [0.05, 0.1) is 17.5 Å². The third kappa shape index (κ3) is 5.12. The van der Waals surface area contributed by atoms with Crippen LogP contribution in [0.5, 0.6) is 0 Å². The second-order valence-electron chi connectivity index (χ2n) is 5.91. The Morgan fingerprint density at radius 1 is 0.897 bits per heavy atom. The summed E-state index contributed by atoms with van der Waals surface area (Å²) in [6.07, 6.45) is -9.90. The summed E-state index contributed by atoms with van der Waals surface area (Å²) < 4.78 is 82.6. The van der Waals surface area contributed by atoms with E-state index in [1.54, 1.807) is 30.3 Å². The molecule has 0 aliphatic carbocycles. The number of nitrogens with one attached hydrogen (secondary N) is 1. The van der Waals surface area contributed by atoms with E-state index in [9.17, 15) is 31.1 Å². The van der Waals surface area contributed by atoms with Crippen LogP contribution in [0, 0.1) is 0 Å². The van der Waals surface area contributed by atoms with Crippen molar-refractivity contribution in [2.45, 2.75) is 18.8 Å². The van der Waals surface area contributed by atoms with Crippen molar-refractivity contribution in [1.82, 2.24) is 10.2 Å². The lowest BCUT2D eigenvalue weighted by molar-refractivity contribution is -0.143. The lowest BCUT2D eigenvalue weighted by Gasteiger charge is -2.13. The molecule has 0 bridgehead atoms. The molecular weight excluding hydrogens is 404 g/mol. The minimum absolute atomic E-state index is 0.0680. The molecule has 0 spiro atoms. The van der Waals surface area contributed by atoms with Crippen LogP contribution in [0.25, 0.3) is 0 Å².